The van der Waals surface area contributed by atoms with Gasteiger partial charge >= 0.3 is 35.8 Å². The molecule has 4 bridgehead atoms. The van der Waals surface area contributed by atoms with Crippen LogP contribution in [0.2, 0.25) is 0 Å². The average molecular weight is 805 g/mol. The van der Waals surface area contributed by atoms with Crippen LogP contribution in [0.3, 0.4) is 0 Å². The van der Waals surface area contributed by atoms with Gasteiger partial charge in [0, 0.05) is 90.2 Å². The van der Waals surface area contributed by atoms with E-state index in [0.29, 0.717) is 30.4 Å². The number of carbonyl (C=O) groups is 6. The number of quaternary nitrogens is 2. The zero-order valence-electron chi connectivity index (χ0n) is 34.2. The molecule has 1 saturated carbocycles. The molecule has 2 N–H and O–H groups in total. The monoisotopic (exact) mass is 804 g/mol. The Morgan fingerprint density at radius 1 is 0.603 bits per heavy atom. The predicted octanol–water partition coefficient (Wildman–Crippen LogP) is 5.65. The molecule has 4 heterocycles. The molecule has 14 nitrogen and oxygen atoms in total. The Hall–Kier alpha value is -4.82. The van der Waals surface area contributed by atoms with Gasteiger partial charge in [0.15, 0.2) is 23.0 Å². The Morgan fingerprint density at radius 3 is 1.34 bits per heavy atom. The lowest BCUT2D eigenvalue weighted by Gasteiger charge is -2.61. The lowest BCUT2D eigenvalue weighted by atomic mass is 9.43. The van der Waals surface area contributed by atoms with E-state index in [9.17, 15) is 39.0 Å². The maximum Gasteiger partial charge on any atom is 0.310 e. The number of esters is 4. The Kier molecular flexibility index (Phi) is 11.0. The van der Waals surface area contributed by atoms with Gasteiger partial charge in [0.25, 0.3) is 0 Å². The molecular formula is C44H56N2O12+2. The summed E-state index contributed by atoms with van der Waals surface area (Å²) in [4.78, 5) is 73.8. The van der Waals surface area contributed by atoms with Crippen molar-refractivity contribution in [3.05, 3.63) is 47.5 Å². The maximum atomic E-state index is 13.7. The van der Waals surface area contributed by atoms with Crippen molar-refractivity contribution < 1.29 is 66.9 Å². The van der Waals surface area contributed by atoms with E-state index in [1.54, 1.807) is 24.3 Å². The van der Waals surface area contributed by atoms with E-state index in [2.05, 4.69) is 14.1 Å². The summed E-state index contributed by atoms with van der Waals surface area (Å²) in [7, 11) is 4.44. The van der Waals surface area contributed by atoms with Gasteiger partial charge < -0.3 is 38.1 Å². The van der Waals surface area contributed by atoms with Gasteiger partial charge in [0.2, 0.25) is 0 Å². The summed E-state index contributed by atoms with van der Waals surface area (Å²) >= 11 is 0. The molecule has 2 aromatic rings. The fraction of sp³-hybridized carbons (Fsp3) is 0.591. The second kappa shape index (κ2) is 15.4. The Balaban J connectivity index is 1.11. The summed E-state index contributed by atoms with van der Waals surface area (Å²) in [5.41, 5.74) is 0.700. The van der Waals surface area contributed by atoms with Crippen molar-refractivity contribution in [2.24, 2.45) is 29.1 Å². The molecule has 14 heteroatoms. The molecule has 5 unspecified atom stereocenters. The highest BCUT2D eigenvalue weighted by Gasteiger charge is 2.71. The molecule has 5 fully saturated rings. The van der Waals surface area contributed by atoms with Crippen LogP contribution in [-0.2, 0) is 41.9 Å². The maximum absolute atomic E-state index is 13.7. The highest BCUT2D eigenvalue weighted by molar-refractivity contribution is 5.83. The molecule has 7 rings (SSSR count). The summed E-state index contributed by atoms with van der Waals surface area (Å²) in [6.45, 7) is 6.40. The van der Waals surface area contributed by atoms with Gasteiger partial charge in [-0.1, -0.05) is 0 Å². The van der Waals surface area contributed by atoms with Crippen LogP contribution in [0, 0.1) is 29.1 Å². The Bertz CT molecular complexity index is 2000. The molecule has 5 aliphatic rings. The van der Waals surface area contributed by atoms with E-state index in [1.807, 2.05) is 12.1 Å². The molecular weight excluding hydrogens is 748 g/mol. The second-order valence-electron chi connectivity index (χ2n) is 18.1. The first kappa shape index (κ1) is 41.3. The van der Waals surface area contributed by atoms with Crippen molar-refractivity contribution in [2.45, 2.75) is 123 Å². The number of carboxylic acid groups (broad SMARTS) is 2. The van der Waals surface area contributed by atoms with E-state index in [1.165, 1.54) is 27.7 Å². The van der Waals surface area contributed by atoms with E-state index in [4.69, 9.17) is 18.9 Å². The first-order valence-electron chi connectivity index (χ1n) is 20.5. The quantitative estimate of drug-likeness (QED) is 0.153. The van der Waals surface area contributed by atoms with Crippen molar-refractivity contribution in [1.82, 2.24) is 0 Å². The predicted molar refractivity (Wildman–Crippen MR) is 206 cm³/mol. The third kappa shape index (κ3) is 7.38. The smallest absolute Gasteiger partial charge is 0.310 e. The fourth-order valence-electron chi connectivity index (χ4n) is 12.5. The SMILES string of the molecule is CC(=O)Oc1ccc(C[N+]2(C)C3CCC2CC([C@@H]2C(C(=O)O)C[C@]2(C(=O)O)C2CC4CCC(C2)[N+]4(C)Cc2ccc(OC(C)=O)c(OC(C)=O)c2)C3)cc1OC(C)=O. The zero-order chi connectivity index (χ0) is 41.9. The average Bonchev–Trinajstić information content (AvgIpc) is 3.33. The van der Waals surface area contributed by atoms with Crippen LogP contribution in [0.4, 0.5) is 0 Å². The van der Waals surface area contributed by atoms with Crippen molar-refractivity contribution in [1.29, 1.82) is 0 Å². The van der Waals surface area contributed by atoms with Crippen LogP contribution >= 0.6 is 0 Å². The number of benzene rings is 2. The minimum Gasteiger partial charge on any atom is -0.481 e. The number of ether oxygens (including phenoxy) is 4. The number of carbonyl (C=O) groups excluding carboxylic acids is 4. The van der Waals surface area contributed by atoms with Gasteiger partial charge in [-0.3, -0.25) is 28.8 Å². The van der Waals surface area contributed by atoms with E-state index < -0.39 is 53.1 Å². The number of rotatable bonds is 12. The standard InChI is InChI=1S/C44H54N2O12/c1-24(47)55-37-13-7-28(15-39(37)57-26(3)49)22-45(5)32-9-10-33(45)18-30(17-32)41-36(42(51)52)21-44(41,43(53)54)31-19-34-11-12-35(20-31)46(34,6)23-29-8-14-38(56-25(2)48)40(16-29)58-27(4)50/h7-8,13-16,30-36,41H,9-12,17-23H2,1-6H3/p+2/t30?,31?,32?,33?,34?,35?,36?,41-,44+,45?,46?/m1/s1. The summed E-state index contributed by atoms with van der Waals surface area (Å²) in [5.74, 6) is -4.60. The highest BCUT2D eigenvalue weighted by Crippen LogP contribution is 2.66. The largest absolute Gasteiger partial charge is 0.481 e. The molecule has 4 saturated heterocycles. The van der Waals surface area contributed by atoms with Crippen molar-refractivity contribution in [3.63, 3.8) is 0 Å². The van der Waals surface area contributed by atoms with Crippen molar-refractivity contribution >= 4 is 35.8 Å². The van der Waals surface area contributed by atoms with Gasteiger partial charge in [-0.2, -0.15) is 0 Å². The van der Waals surface area contributed by atoms with Gasteiger partial charge in [0.05, 0.1) is 49.6 Å². The Morgan fingerprint density at radius 2 is 0.983 bits per heavy atom. The van der Waals surface area contributed by atoms with E-state index >= 15 is 0 Å². The summed E-state index contributed by atoms with van der Waals surface area (Å²) in [6.07, 6.45) is 6.77. The minimum absolute atomic E-state index is 0.0477. The molecule has 2 aromatic carbocycles. The van der Waals surface area contributed by atoms with Crippen LogP contribution in [0.1, 0.15) is 96.6 Å². The topological polar surface area (TPSA) is 180 Å². The molecule has 4 aliphatic heterocycles. The molecule has 7 atom stereocenters. The van der Waals surface area contributed by atoms with Crippen LogP contribution < -0.4 is 18.9 Å². The Labute approximate surface area is 338 Å². The number of piperidine rings is 2. The van der Waals surface area contributed by atoms with Crippen LogP contribution in [0.15, 0.2) is 36.4 Å². The lowest BCUT2D eigenvalue weighted by Crippen LogP contribution is -2.68. The molecule has 58 heavy (non-hydrogen) atoms. The number of fused-ring (bicyclic) bond motifs is 4. The van der Waals surface area contributed by atoms with E-state index in [-0.39, 0.29) is 65.4 Å². The second-order valence-corrected chi connectivity index (χ2v) is 18.1. The number of hydrogen-bond donors (Lipinski definition) is 2. The van der Waals surface area contributed by atoms with Crippen LogP contribution in [-0.4, -0.2) is 93.3 Å². The lowest BCUT2D eigenvalue weighted by molar-refractivity contribution is -0.962. The third-order valence-electron chi connectivity index (χ3n) is 14.9. The van der Waals surface area contributed by atoms with Crippen molar-refractivity contribution in [2.75, 3.05) is 14.1 Å². The van der Waals surface area contributed by atoms with Gasteiger partial charge in [-0.05, 0) is 60.6 Å². The number of aliphatic carboxylic acids is 2. The van der Waals surface area contributed by atoms with E-state index in [0.717, 1.165) is 54.1 Å². The summed E-state index contributed by atoms with van der Waals surface area (Å²) < 4.78 is 22.8. The molecule has 0 radical (unpaired) electrons. The molecule has 312 valence electrons. The number of hydrogen-bond acceptors (Lipinski definition) is 10. The fourth-order valence-corrected chi connectivity index (χ4v) is 12.5. The first-order valence-corrected chi connectivity index (χ1v) is 20.5. The first-order chi connectivity index (χ1) is 27.3. The van der Waals surface area contributed by atoms with Crippen LogP contribution in [0.5, 0.6) is 23.0 Å². The van der Waals surface area contributed by atoms with Gasteiger partial charge in [-0.25, -0.2) is 0 Å². The summed E-state index contributed by atoms with van der Waals surface area (Å²) in [6, 6.07) is 11.3. The minimum atomic E-state index is -1.13. The zero-order valence-corrected chi connectivity index (χ0v) is 34.2. The molecule has 0 amide bonds. The normalized spacial score (nSPS) is 34.7. The molecule has 0 aromatic heterocycles. The third-order valence-corrected chi connectivity index (χ3v) is 14.9. The molecule has 0 spiro atoms. The highest BCUT2D eigenvalue weighted by atomic mass is 16.6. The number of nitrogens with zero attached hydrogens (tertiary/aromatic N) is 2. The van der Waals surface area contributed by atoms with Gasteiger partial charge in [0.1, 0.15) is 13.1 Å². The van der Waals surface area contributed by atoms with Crippen molar-refractivity contribution in [3.8, 4) is 23.0 Å². The molecule has 1 aliphatic carbocycles. The van der Waals surface area contributed by atoms with Gasteiger partial charge in [-0.15, -0.1) is 0 Å². The summed E-state index contributed by atoms with van der Waals surface area (Å²) in [5, 5.41) is 21.8. The number of carboxylic acids is 2. The van der Waals surface area contributed by atoms with Crippen LogP contribution in [0.25, 0.3) is 0 Å².